The number of aromatic nitrogens is 1. The van der Waals surface area contributed by atoms with Gasteiger partial charge in [-0.15, -0.1) is 0 Å². The Bertz CT molecular complexity index is 1710. The minimum Gasteiger partial charge on any atom is -0.504 e. The second-order valence-electron chi connectivity index (χ2n) is 8.75. The summed E-state index contributed by atoms with van der Waals surface area (Å²) in [5, 5.41) is 10.6. The molecule has 6 rings (SSSR count). The van der Waals surface area contributed by atoms with Crippen molar-refractivity contribution < 1.29 is 14.6 Å². The predicted molar refractivity (Wildman–Crippen MR) is 140 cm³/mol. The average molecular weight is 497 g/mol. The van der Waals surface area contributed by atoms with Gasteiger partial charge in [0.15, 0.2) is 16.3 Å². The maximum atomic E-state index is 13.9. The number of rotatable bonds is 4. The van der Waals surface area contributed by atoms with Gasteiger partial charge in [0, 0.05) is 16.7 Å². The molecular weight excluding hydrogens is 472 g/mol. The van der Waals surface area contributed by atoms with E-state index in [1.165, 1.54) is 24.0 Å². The van der Waals surface area contributed by atoms with Crippen molar-refractivity contribution in [1.29, 1.82) is 0 Å². The van der Waals surface area contributed by atoms with Crippen LogP contribution in [0.2, 0.25) is 0 Å². The van der Waals surface area contributed by atoms with Crippen LogP contribution >= 0.6 is 11.3 Å². The number of aryl methyl sites for hydroxylation is 1. The zero-order valence-electron chi connectivity index (χ0n) is 19.9. The lowest BCUT2D eigenvalue weighted by Gasteiger charge is -2.31. The minimum atomic E-state index is -0.332. The number of phenols is 1. The molecular formula is C29H24N2O4S. The van der Waals surface area contributed by atoms with E-state index in [1.54, 1.807) is 36.0 Å². The Kier molecular flexibility index (Phi) is 5.49. The van der Waals surface area contributed by atoms with Crippen LogP contribution in [-0.4, -0.2) is 23.9 Å². The maximum Gasteiger partial charge on any atom is 0.271 e. The number of ether oxygens (including phenoxy) is 2. The van der Waals surface area contributed by atoms with Gasteiger partial charge in [0.05, 0.1) is 30.5 Å². The Morgan fingerprint density at radius 3 is 2.56 bits per heavy atom. The Hall–Kier alpha value is -4.10. The maximum absolute atomic E-state index is 13.9. The lowest BCUT2D eigenvalue weighted by molar-refractivity contribution is 0.373. The van der Waals surface area contributed by atoms with E-state index in [4.69, 9.17) is 14.5 Å². The monoisotopic (exact) mass is 496 g/mol. The fourth-order valence-electron chi connectivity index (χ4n) is 5.15. The van der Waals surface area contributed by atoms with Crippen LogP contribution in [0, 0.1) is 0 Å². The van der Waals surface area contributed by atoms with E-state index in [-0.39, 0.29) is 17.4 Å². The average Bonchev–Trinajstić information content (AvgIpc) is 3.23. The molecule has 6 nitrogen and oxygen atoms in total. The smallest absolute Gasteiger partial charge is 0.271 e. The molecule has 1 N–H and O–H groups in total. The Morgan fingerprint density at radius 2 is 1.72 bits per heavy atom. The molecule has 0 fully saturated rings. The number of thiazole rings is 1. The molecule has 4 aromatic rings. The van der Waals surface area contributed by atoms with Crippen molar-refractivity contribution in [2.45, 2.75) is 18.9 Å². The van der Waals surface area contributed by atoms with Crippen molar-refractivity contribution in [3.8, 4) is 17.2 Å². The van der Waals surface area contributed by atoms with Gasteiger partial charge in [0.2, 0.25) is 0 Å². The summed E-state index contributed by atoms with van der Waals surface area (Å²) in [7, 11) is 3.15. The summed E-state index contributed by atoms with van der Waals surface area (Å²) in [6.07, 6.45) is 3.40. The van der Waals surface area contributed by atoms with Crippen LogP contribution in [0.5, 0.6) is 17.2 Å². The standard InChI is InChI=1S/C29H24N2O4S/c1-34-22-12-6-5-11-20(22)26-21-15-14-17-8-3-4-10-19(17)25(21)30-29-31(26)28(33)24(36-29)16-18-9-7-13-23(35-2)27(18)32/h3-13,16,26,32H,14-15H2,1-2H3/b24-16-/t26-/m1/s1. The third-order valence-electron chi connectivity index (χ3n) is 6.84. The van der Waals surface area contributed by atoms with E-state index in [0.29, 0.717) is 20.6 Å². The van der Waals surface area contributed by atoms with Crippen LogP contribution in [0.15, 0.2) is 82.1 Å². The molecule has 0 unspecified atom stereocenters. The first-order valence-electron chi connectivity index (χ1n) is 11.7. The lowest BCUT2D eigenvalue weighted by Crippen LogP contribution is -2.39. The molecule has 2 heterocycles. The Labute approximate surface area is 211 Å². The molecule has 0 amide bonds. The summed E-state index contributed by atoms with van der Waals surface area (Å²) in [4.78, 5) is 19.6. The molecule has 1 aliphatic carbocycles. The van der Waals surface area contributed by atoms with Crippen LogP contribution in [0.1, 0.15) is 34.7 Å². The first-order valence-corrected chi connectivity index (χ1v) is 12.5. The minimum absolute atomic E-state index is 0.000311. The molecule has 1 aromatic heterocycles. The first kappa shape index (κ1) is 22.4. The van der Waals surface area contributed by atoms with E-state index in [0.717, 1.165) is 41.0 Å². The van der Waals surface area contributed by atoms with Crippen LogP contribution < -0.4 is 24.4 Å². The van der Waals surface area contributed by atoms with Crippen molar-refractivity contribution in [2.75, 3.05) is 14.2 Å². The number of allylic oxidation sites excluding steroid dienone is 1. The van der Waals surface area contributed by atoms with Gasteiger partial charge in [-0.2, -0.15) is 0 Å². The summed E-state index contributed by atoms with van der Waals surface area (Å²) >= 11 is 1.32. The molecule has 1 aliphatic heterocycles. The van der Waals surface area contributed by atoms with Crippen molar-refractivity contribution in [2.24, 2.45) is 4.99 Å². The Morgan fingerprint density at radius 1 is 0.972 bits per heavy atom. The first-order chi connectivity index (χ1) is 17.6. The highest BCUT2D eigenvalue weighted by Gasteiger charge is 2.34. The van der Waals surface area contributed by atoms with E-state index >= 15 is 0 Å². The predicted octanol–water partition coefficient (Wildman–Crippen LogP) is 4.04. The molecule has 180 valence electrons. The summed E-state index contributed by atoms with van der Waals surface area (Å²) in [6.45, 7) is 0. The van der Waals surface area contributed by atoms with Gasteiger partial charge >= 0.3 is 0 Å². The number of para-hydroxylation sites is 2. The molecule has 7 heteroatoms. The fraction of sp³-hybridized carbons (Fsp3) is 0.172. The third-order valence-corrected chi connectivity index (χ3v) is 7.83. The van der Waals surface area contributed by atoms with Crippen LogP contribution in [0.25, 0.3) is 11.8 Å². The van der Waals surface area contributed by atoms with Crippen molar-refractivity contribution in [3.63, 3.8) is 0 Å². The highest BCUT2D eigenvalue weighted by Crippen LogP contribution is 2.43. The number of nitrogens with zero attached hydrogens (tertiary/aromatic N) is 2. The summed E-state index contributed by atoms with van der Waals surface area (Å²) in [5.74, 6) is 1.09. The molecule has 2 aliphatic rings. The van der Waals surface area contributed by atoms with E-state index in [2.05, 4.69) is 18.2 Å². The molecule has 0 saturated heterocycles. The van der Waals surface area contributed by atoms with Gasteiger partial charge in [-0.1, -0.05) is 65.9 Å². The largest absolute Gasteiger partial charge is 0.504 e. The molecule has 0 radical (unpaired) electrons. The second-order valence-corrected chi connectivity index (χ2v) is 9.76. The number of hydrogen-bond donors (Lipinski definition) is 1. The number of aromatic hydroxyl groups is 1. The molecule has 0 bridgehead atoms. The number of benzene rings is 3. The van der Waals surface area contributed by atoms with Crippen LogP contribution in [0.4, 0.5) is 0 Å². The second kappa shape index (κ2) is 8.84. The van der Waals surface area contributed by atoms with Gasteiger partial charge in [-0.3, -0.25) is 9.36 Å². The summed E-state index contributed by atoms with van der Waals surface area (Å²) in [5.41, 5.74) is 5.72. The van der Waals surface area contributed by atoms with Crippen LogP contribution in [0.3, 0.4) is 0 Å². The third kappa shape index (κ3) is 3.46. The molecule has 1 atom stereocenters. The van der Waals surface area contributed by atoms with Gasteiger partial charge in [0.1, 0.15) is 5.75 Å². The zero-order valence-corrected chi connectivity index (χ0v) is 20.7. The molecule has 3 aromatic carbocycles. The fourth-order valence-corrected chi connectivity index (χ4v) is 6.14. The molecule has 36 heavy (non-hydrogen) atoms. The van der Waals surface area contributed by atoms with Gasteiger partial charge < -0.3 is 14.6 Å². The zero-order chi connectivity index (χ0) is 24.8. The van der Waals surface area contributed by atoms with E-state index < -0.39 is 0 Å². The van der Waals surface area contributed by atoms with E-state index in [1.807, 2.05) is 30.3 Å². The van der Waals surface area contributed by atoms with Crippen molar-refractivity contribution in [1.82, 2.24) is 4.57 Å². The van der Waals surface area contributed by atoms with Gasteiger partial charge in [0.25, 0.3) is 5.56 Å². The normalized spacial score (nSPS) is 16.6. The number of phenolic OH excluding ortho intramolecular Hbond substituents is 1. The summed E-state index contributed by atoms with van der Waals surface area (Å²) < 4.78 is 13.2. The SMILES string of the molecule is COc1ccccc1[C@@H]1C2=C(N=c3s/c(=C\c4cccc(OC)c4O)c(=O)n31)c1ccccc1CC2. The topological polar surface area (TPSA) is 73.1 Å². The van der Waals surface area contributed by atoms with Crippen molar-refractivity contribution >= 4 is 23.1 Å². The highest BCUT2D eigenvalue weighted by atomic mass is 32.1. The quantitative estimate of drug-likeness (QED) is 0.463. The van der Waals surface area contributed by atoms with Gasteiger partial charge in [-0.05, 0) is 42.2 Å². The van der Waals surface area contributed by atoms with Gasteiger partial charge in [-0.25, -0.2) is 4.99 Å². The Balaban J connectivity index is 1.64. The van der Waals surface area contributed by atoms with E-state index in [9.17, 15) is 9.90 Å². The highest BCUT2D eigenvalue weighted by molar-refractivity contribution is 7.07. The number of hydrogen-bond acceptors (Lipinski definition) is 6. The molecule has 0 saturated carbocycles. The lowest BCUT2D eigenvalue weighted by atomic mass is 9.83. The summed E-state index contributed by atoms with van der Waals surface area (Å²) in [6, 6.07) is 21.1. The molecule has 0 spiro atoms. The number of fused-ring (bicyclic) bond motifs is 3. The number of methoxy groups -OCH3 is 2. The van der Waals surface area contributed by atoms with Crippen LogP contribution in [-0.2, 0) is 6.42 Å². The van der Waals surface area contributed by atoms with Crippen molar-refractivity contribution in [3.05, 3.63) is 114 Å².